The van der Waals surface area contributed by atoms with Crippen LogP contribution in [0.2, 0.25) is 0 Å². The van der Waals surface area contributed by atoms with Gasteiger partial charge in [-0.15, -0.1) is 12.4 Å². The van der Waals surface area contributed by atoms with Gasteiger partial charge in [-0.2, -0.15) is 0 Å². The van der Waals surface area contributed by atoms with Gasteiger partial charge in [-0.1, -0.05) is 36.4 Å². The summed E-state index contributed by atoms with van der Waals surface area (Å²) in [5, 5.41) is 1.72. The van der Waals surface area contributed by atoms with Crippen molar-refractivity contribution in [2.75, 3.05) is 26.2 Å². The number of sulfonamides is 1. The molecule has 1 aliphatic heterocycles. The molecule has 3 rings (SSSR count). The summed E-state index contributed by atoms with van der Waals surface area (Å²) in [4.78, 5) is 2.66. The Morgan fingerprint density at radius 3 is 2.45 bits per heavy atom. The van der Waals surface area contributed by atoms with E-state index in [-0.39, 0.29) is 12.4 Å². The van der Waals surface area contributed by atoms with Crippen LogP contribution in [0.4, 0.5) is 0 Å². The molecule has 0 aliphatic carbocycles. The van der Waals surface area contributed by atoms with Crippen LogP contribution in [0, 0.1) is 0 Å². The topological polar surface area (TPSA) is 49.4 Å². The van der Waals surface area contributed by atoms with Gasteiger partial charge in [0, 0.05) is 18.5 Å². The highest BCUT2D eigenvalue weighted by molar-refractivity contribution is 7.89. The maximum atomic E-state index is 12.5. The molecule has 0 amide bonds. The number of likely N-dealkylation sites (tertiary alicyclic amines) is 1. The van der Waals surface area contributed by atoms with Gasteiger partial charge in [0.25, 0.3) is 0 Å². The Labute approximate surface area is 138 Å². The molecule has 1 aliphatic rings. The van der Waals surface area contributed by atoms with E-state index < -0.39 is 10.0 Å². The maximum absolute atomic E-state index is 12.5. The number of benzene rings is 2. The van der Waals surface area contributed by atoms with E-state index in [1.807, 2.05) is 30.3 Å². The summed E-state index contributed by atoms with van der Waals surface area (Å²) >= 11 is 0. The van der Waals surface area contributed by atoms with Crippen LogP contribution in [-0.2, 0) is 10.0 Å². The molecule has 120 valence electrons. The molecule has 1 N–H and O–H groups in total. The highest BCUT2D eigenvalue weighted by Gasteiger charge is 2.17. The van der Waals surface area contributed by atoms with Gasteiger partial charge in [0.1, 0.15) is 0 Å². The molecule has 0 unspecified atom stereocenters. The summed E-state index contributed by atoms with van der Waals surface area (Å²) in [6.07, 6.45) is 2.44. The number of halogens is 1. The van der Waals surface area contributed by atoms with Crippen LogP contribution in [0.5, 0.6) is 0 Å². The molecule has 0 aromatic heterocycles. The van der Waals surface area contributed by atoms with Gasteiger partial charge in [0.15, 0.2) is 0 Å². The van der Waals surface area contributed by atoms with E-state index in [1.165, 1.54) is 12.8 Å². The predicted octanol–water partition coefficient (Wildman–Crippen LogP) is 2.64. The van der Waals surface area contributed by atoms with E-state index in [1.54, 1.807) is 12.1 Å². The lowest BCUT2D eigenvalue weighted by Crippen LogP contribution is -2.33. The van der Waals surface area contributed by atoms with Crippen molar-refractivity contribution >= 4 is 33.2 Å². The fourth-order valence-corrected chi connectivity index (χ4v) is 4.10. The molecule has 0 spiro atoms. The van der Waals surface area contributed by atoms with Crippen LogP contribution >= 0.6 is 12.4 Å². The fourth-order valence-electron chi connectivity index (χ4n) is 2.85. The quantitative estimate of drug-likeness (QED) is 0.910. The minimum absolute atomic E-state index is 0. The van der Waals surface area contributed by atoms with Crippen molar-refractivity contribution in [1.29, 1.82) is 0 Å². The standard InChI is InChI=1S/C16H20N2O2S.ClH/c19-21(20,17-10-13-18-11-3-4-12-18)16-9-5-7-14-6-1-2-8-15(14)16;/h1-2,5-9,17H,3-4,10-13H2;1H. The first-order valence-electron chi connectivity index (χ1n) is 7.37. The summed E-state index contributed by atoms with van der Waals surface area (Å²) in [6, 6.07) is 12.9. The van der Waals surface area contributed by atoms with Crippen molar-refractivity contribution in [3.63, 3.8) is 0 Å². The average molecular weight is 341 g/mol. The Hall–Kier alpha value is -1.14. The highest BCUT2D eigenvalue weighted by atomic mass is 35.5. The molecule has 22 heavy (non-hydrogen) atoms. The molecule has 0 atom stereocenters. The second-order valence-electron chi connectivity index (χ2n) is 5.42. The minimum atomic E-state index is -3.46. The van der Waals surface area contributed by atoms with E-state index in [2.05, 4.69) is 9.62 Å². The van der Waals surface area contributed by atoms with Gasteiger partial charge in [0.2, 0.25) is 10.0 Å². The first kappa shape index (κ1) is 17.2. The zero-order valence-corrected chi connectivity index (χ0v) is 14.0. The Bertz CT molecular complexity index is 723. The van der Waals surface area contributed by atoms with E-state index in [4.69, 9.17) is 0 Å². The molecule has 1 saturated heterocycles. The number of rotatable bonds is 5. The molecule has 4 nitrogen and oxygen atoms in total. The zero-order valence-electron chi connectivity index (χ0n) is 12.4. The smallest absolute Gasteiger partial charge is 0.241 e. The largest absolute Gasteiger partial charge is 0.302 e. The lowest BCUT2D eigenvalue weighted by molar-refractivity contribution is 0.344. The van der Waals surface area contributed by atoms with E-state index in [9.17, 15) is 8.42 Å². The first-order chi connectivity index (χ1) is 10.2. The second-order valence-corrected chi connectivity index (χ2v) is 7.16. The third kappa shape index (κ3) is 3.79. The van der Waals surface area contributed by atoms with Crippen LogP contribution in [0.15, 0.2) is 47.4 Å². The predicted molar refractivity (Wildman–Crippen MR) is 92.1 cm³/mol. The molecule has 6 heteroatoms. The van der Waals surface area contributed by atoms with Gasteiger partial charge >= 0.3 is 0 Å². The number of hydrogen-bond acceptors (Lipinski definition) is 3. The molecule has 0 radical (unpaired) electrons. The maximum Gasteiger partial charge on any atom is 0.241 e. The second kappa shape index (κ2) is 7.42. The Morgan fingerprint density at radius 1 is 1.00 bits per heavy atom. The van der Waals surface area contributed by atoms with E-state index >= 15 is 0 Å². The zero-order chi connectivity index (χ0) is 14.7. The molecular weight excluding hydrogens is 320 g/mol. The summed E-state index contributed by atoms with van der Waals surface area (Å²) in [5.41, 5.74) is 0. The molecule has 0 saturated carbocycles. The van der Waals surface area contributed by atoms with Crippen LogP contribution in [-0.4, -0.2) is 39.5 Å². The Balaban J connectivity index is 0.00000176. The number of nitrogens with one attached hydrogen (secondary N) is 1. The van der Waals surface area contributed by atoms with Crippen molar-refractivity contribution in [2.24, 2.45) is 0 Å². The number of nitrogens with zero attached hydrogens (tertiary/aromatic N) is 1. The Morgan fingerprint density at radius 2 is 1.68 bits per heavy atom. The minimum Gasteiger partial charge on any atom is -0.302 e. The van der Waals surface area contributed by atoms with Gasteiger partial charge < -0.3 is 4.90 Å². The molecule has 2 aromatic carbocycles. The summed E-state index contributed by atoms with van der Waals surface area (Å²) in [5.74, 6) is 0. The Kier molecular flexibility index (Phi) is 5.81. The average Bonchev–Trinajstić information content (AvgIpc) is 3.00. The molecule has 2 aromatic rings. The third-order valence-corrected chi connectivity index (χ3v) is 5.48. The summed E-state index contributed by atoms with van der Waals surface area (Å²) in [7, 11) is -3.46. The molecule has 0 bridgehead atoms. The summed E-state index contributed by atoms with van der Waals surface area (Å²) in [6.45, 7) is 3.40. The van der Waals surface area contributed by atoms with Crippen LogP contribution < -0.4 is 4.72 Å². The van der Waals surface area contributed by atoms with Crippen molar-refractivity contribution in [3.8, 4) is 0 Å². The van der Waals surface area contributed by atoms with Crippen LogP contribution in [0.1, 0.15) is 12.8 Å². The van der Waals surface area contributed by atoms with Gasteiger partial charge in [-0.05, 0) is 37.4 Å². The lowest BCUT2D eigenvalue weighted by atomic mass is 10.1. The molecule has 1 fully saturated rings. The fraction of sp³-hybridized carbons (Fsp3) is 0.375. The summed E-state index contributed by atoms with van der Waals surface area (Å²) < 4.78 is 27.7. The van der Waals surface area contributed by atoms with Crippen molar-refractivity contribution in [3.05, 3.63) is 42.5 Å². The highest BCUT2D eigenvalue weighted by Crippen LogP contribution is 2.22. The molecule has 1 heterocycles. The monoisotopic (exact) mass is 340 g/mol. The van der Waals surface area contributed by atoms with Crippen LogP contribution in [0.25, 0.3) is 10.8 Å². The normalized spacial score (nSPS) is 15.8. The van der Waals surface area contributed by atoms with Gasteiger partial charge in [-0.3, -0.25) is 0 Å². The number of hydrogen-bond donors (Lipinski definition) is 1. The first-order valence-corrected chi connectivity index (χ1v) is 8.85. The SMILES string of the molecule is Cl.O=S(=O)(NCCN1CCCC1)c1cccc2ccccc12. The van der Waals surface area contributed by atoms with E-state index in [0.717, 1.165) is 30.4 Å². The van der Waals surface area contributed by atoms with Gasteiger partial charge in [0.05, 0.1) is 4.90 Å². The van der Waals surface area contributed by atoms with Crippen LogP contribution in [0.3, 0.4) is 0 Å². The third-order valence-electron chi connectivity index (χ3n) is 3.96. The van der Waals surface area contributed by atoms with E-state index in [0.29, 0.717) is 11.4 Å². The van der Waals surface area contributed by atoms with Crippen molar-refractivity contribution < 1.29 is 8.42 Å². The lowest BCUT2D eigenvalue weighted by Gasteiger charge is -2.15. The van der Waals surface area contributed by atoms with Gasteiger partial charge in [-0.25, -0.2) is 13.1 Å². The number of fused-ring (bicyclic) bond motifs is 1. The molecular formula is C16H21ClN2O2S. The van der Waals surface area contributed by atoms with Crippen molar-refractivity contribution in [2.45, 2.75) is 17.7 Å². The van der Waals surface area contributed by atoms with Crippen molar-refractivity contribution in [1.82, 2.24) is 9.62 Å².